The van der Waals surface area contributed by atoms with Gasteiger partial charge in [-0.3, -0.25) is 9.69 Å². The Morgan fingerprint density at radius 3 is 2.74 bits per heavy atom. The first-order valence-electron chi connectivity index (χ1n) is 7.78. The molecule has 0 spiro atoms. The number of morpholine rings is 2. The van der Waals surface area contributed by atoms with Crippen molar-refractivity contribution in [3.63, 3.8) is 0 Å². The Hall–Kier alpha value is -1.57. The lowest BCUT2D eigenvalue weighted by molar-refractivity contribution is -0.153. The Kier molecular flexibility index (Phi) is 5.20. The molecule has 0 N–H and O–H groups in total. The number of carbonyl (C=O) groups is 1. The molecule has 7 heteroatoms. The van der Waals surface area contributed by atoms with E-state index in [1.165, 1.54) is 6.07 Å². The fourth-order valence-electron chi connectivity index (χ4n) is 2.89. The predicted octanol–water partition coefficient (Wildman–Crippen LogP) is 1.02. The first kappa shape index (κ1) is 16.3. The van der Waals surface area contributed by atoms with Crippen LogP contribution in [0, 0.1) is 11.6 Å². The van der Waals surface area contributed by atoms with Crippen LogP contribution < -0.4 is 0 Å². The van der Waals surface area contributed by atoms with Crippen LogP contribution in [0.25, 0.3) is 0 Å². The number of carbonyl (C=O) groups excluding carboxylic acids is 1. The SMILES string of the molecule is O=C(C1CN(Cc2cc(F)ccc2F)CCO1)N1CCOCC1. The largest absolute Gasteiger partial charge is 0.378 e. The highest BCUT2D eigenvalue weighted by atomic mass is 19.1. The molecule has 23 heavy (non-hydrogen) atoms. The normalized spacial score (nSPS) is 23.0. The van der Waals surface area contributed by atoms with Crippen LogP contribution >= 0.6 is 0 Å². The van der Waals surface area contributed by atoms with Gasteiger partial charge in [-0.1, -0.05) is 0 Å². The van der Waals surface area contributed by atoms with Gasteiger partial charge in [-0.05, 0) is 18.2 Å². The summed E-state index contributed by atoms with van der Waals surface area (Å²) in [6, 6.07) is 3.42. The molecule has 2 heterocycles. The molecule has 126 valence electrons. The Bertz CT molecular complexity index is 564. The van der Waals surface area contributed by atoms with Crippen molar-refractivity contribution in [3.05, 3.63) is 35.4 Å². The van der Waals surface area contributed by atoms with Crippen molar-refractivity contribution in [1.82, 2.24) is 9.80 Å². The van der Waals surface area contributed by atoms with Crippen molar-refractivity contribution in [3.8, 4) is 0 Å². The predicted molar refractivity (Wildman–Crippen MR) is 78.8 cm³/mol. The van der Waals surface area contributed by atoms with Crippen molar-refractivity contribution in [2.24, 2.45) is 0 Å². The molecule has 0 saturated carbocycles. The van der Waals surface area contributed by atoms with Crippen molar-refractivity contribution >= 4 is 5.91 Å². The van der Waals surface area contributed by atoms with Gasteiger partial charge in [0.15, 0.2) is 0 Å². The van der Waals surface area contributed by atoms with Crippen LogP contribution in [0.2, 0.25) is 0 Å². The molecule has 2 fully saturated rings. The Morgan fingerprint density at radius 1 is 1.17 bits per heavy atom. The molecule has 5 nitrogen and oxygen atoms in total. The van der Waals surface area contributed by atoms with Gasteiger partial charge < -0.3 is 14.4 Å². The van der Waals surface area contributed by atoms with Crippen LogP contribution in [0.5, 0.6) is 0 Å². The van der Waals surface area contributed by atoms with E-state index in [9.17, 15) is 13.6 Å². The molecule has 1 aromatic carbocycles. The van der Waals surface area contributed by atoms with E-state index in [0.717, 1.165) is 12.1 Å². The van der Waals surface area contributed by atoms with Crippen LogP contribution in [0.4, 0.5) is 8.78 Å². The highest BCUT2D eigenvalue weighted by molar-refractivity contribution is 5.81. The monoisotopic (exact) mass is 326 g/mol. The maximum absolute atomic E-state index is 13.8. The van der Waals surface area contributed by atoms with Gasteiger partial charge in [0.25, 0.3) is 5.91 Å². The lowest BCUT2D eigenvalue weighted by atomic mass is 10.1. The highest BCUT2D eigenvalue weighted by Gasteiger charge is 2.31. The fraction of sp³-hybridized carbons (Fsp3) is 0.562. The summed E-state index contributed by atoms with van der Waals surface area (Å²) in [6.07, 6.45) is -0.557. The smallest absolute Gasteiger partial charge is 0.253 e. The molecule has 1 aromatic rings. The number of benzene rings is 1. The summed E-state index contributed by atoms with van der Waals surface area (Å²) in [5.74, 6) is -0.956. The van der Waals surface area contributed by atoms with Crippen molar-refractivity contribution in [2.45, 2.75) is 12.6 Å². The molecular formula is C16H20F2N2O3. The van der Waals surface area contributed by atoms with E-state index < -0.39 is 17.7 Å². The van der Waals surface area contributed by atoms with Crippen LogP contribution in [0.3, 0.4) is 0 Å². The zero-order chi connectivity index (χ0) is 16.2. The lowest BCUT2D eigenvalue weighted by Crippen LogP contribution is -2.53. The number of hydrogen-bond acceptors (Lipinski definition) is 4. The molecule has 0 radical (unpaired) electrons. The third kappa shape index (κ3) is 4.04. The van der Waals surface area contributed by atoms with Gasteiger partial charge in [0.2, 0.25) is 0 Å². The number of amides is 1. The number of hydrogen-bond donors (Lipinski definition) is 0. The summed E-state index contributed by atoms with van der Waals surface area (Å²) in [5.41, 5.74) is 0.296. The fourth-order valence-corrected chi connectivity index (χ4v) is 2.89. The molecule has 1 atom stereocenters. The minimum atomic E-state index is -0.557. The average molecular weight is 326 g/mol. The van der Waals surface area contributed by atoms with Crippen LogP contribution in [-0.4, -0.2) is 67.8 Å². The topological polar surface area (TPSA) is 42.0 Å². The maximum atomic E-state index is 13.8. The molecule has 2 saturated heterocycles. The van der Waals surface area contributed by atoms with E-state index in [0.29, 0.717) is 51.6 Å². The van der Waals surface area contributed by atoms with E-state index in [1.807, 2.05) is 4.90 Å². The summed E-state index contributed by atoms with van der Waals surface area (Å²) in [7, 11) is 0. The van der Waals surface area contributed by atoms with Crippen LogP contribution in [-0.2, 0) is 20.8 Å². The lowest BCUT2D eigenvalue weighted by Gasteiger charge is -2.36. The number of ether oxygens (including phenoxy) is 2. The zero-order valence-electron chi connectivity index (χ0n) is 12.8. The van der Waals surface area contributed by atoms with Gasteiger partial charge in [-0.15, -0.1) is 0 Å². The van der Waals surface area contributed by atoms with E-state index >= 15 is 0 Å². The Labute approximate surface area is 133 Å². The molecule has 0 aromatic heterocycles. The van der Waals surface area contributed by atoms with Gasteiger partial charge in [0, 0.05) is 38.3 Å². The summed E-state index contributed by atoms with van der Waals surface area (Å²) >= 11 is 0. The van der Waals surface area contributed by atoms with Gasteiger partial charge in [-0.2, -0.15) is 0 Å². The van der Waals surface area contributed by atoms with E-state index in [2.05, 4.69) is 0 Å². The summed E-state index contributed by atoms with van der Waals surface area (Å²) in [6.45, 7) is 3.84. The number of halogens is 2. The van der Waals surface area contributed by atoms with Crippen molar-refractivity contribution in [2.75, 3.05) is 46.0 Å². The van der Waals surface area contributed by atoms with E-state index in [1.54, 1.807) is 4.90 Å². The van der Waals surface area contributed by atoms with E-state index in [-0.39, 0.29) is 12.5 Å². The molecule has 2 aliphatic rings. The van der Waals surface area contributed by atoms with Gasteiger partial charge in [-0.25, -0.2) is 8.78 Å². The van der Waals surface area contributed by atoms with Crippen LogP contribution in [0.15, 0.2) is 18.2 Å². The Balaban J connectivity index is 1.61. The summed E-state index contributed by atoms with van der Waals surface area (Å²) in [5, 5.41) is 0. The molecule has 0 aliphatic carbocycles. The third-order valence-corrected chi connectivity index (χ3v) is 4.15. The van der Waals surface area contributed by atoms with Crippen molar-refractivity contribution in [1.29, 1.82) is 0 Å². The number of rotatable bonds is 3. The second kappa shape index (κ2) is 7.33. The number of nitrogens with zero attached hydrogens (tertiary/aromatic N) is 2. The second-order valence-electron chi connectivity index (χ2n) is 5.77. The van der Waals surface area contributed by atoms with Gasteiger partial charge in [0.1, 0.15) is 17.7 Å². The standard InChI is InChI=1S/C16H20F2N2O3/c17-13-1-2-14(18)12(9-13)10-19-3-8-23-15(11-19)16(21)20-4-6-22-7-5-20/h1-2,9,15H,3-8,10-11H2. The quantitative estimate of drug-likeness (QED) is 0.832. The average Bonchev–Trinajstić information content (AvgIpc) is 2.58. The minimum absolute atomic E-state index is 0.0577. The highest BCUT2D eigenvalue weighted by Crippen LogP contribution is 2.16. The minimum Gasteiger partial charge on any atom is -0.378 e. The van der Waals surface area contributed by atoms with E-state index in [4.69, 9.17) is 9.47 Å². The molecule has 2 aliphatic heterocycles. The zero-order valence-corrected chi connectivity index (χ0v) is 12.8. The second-order valence-corrected chi connectivity index (χ2v) is 5.77. The first-order valence-corrected chi connectivity index (χ1v) is 7.78. The van der Waals surface area contributed by atoms with Crippen LogP contribution in [0.1, 0.15) is 5.56 Å². The van der Waals surface area contributed by atoms with Gasteiger partial charge in [0.05, 0.1) is 19.8 Å². The molecular weight excluding hydrogens is 306 g/mol. The third-order valence-electron chi connectivity index (χ3n) is 4.15. The first-order chi connectivity index (χ1) is 11.1. The summed E-state index contributed by atoms with van der Waals surface area (Å²) in [4.78, 5) is 16.1. The molecule has 3 rings (SSSR count). The summed E-state index contributed by atoms with van der Waals surface area (Å²) < 4.78 is 37.8. The Morgan fingerprint density at radius 2 is 1.96 bits per heavy atom. The molecule has 0 bridgehead atoms. The van der Waals surface area contributed by atoms with Gasteiger partial charge >= 0.3 is 0 Å². The molecule has 1 unspecified atom stereocenters. The maximum Gasteiger partial charge on any atom is 0.253 e. The van der Waals surface area contributed by atoms with Crippen molar-refractivity contribution < 1.29 is 23.0 Å². The molecule has 1 amide bonds.